The maximum atomic E-state index is 11.7. The van der Waals surface area contributed by atoms with Crippen molar-refractivity contribution < 1.29 is 23.8 Å². The smallest absolute Gasteiger partial charge is 0.311 e. The van der Waals surface area contributed by atoms with Crippen LogP contribution in [-0.4, -0.2) is 25.7 Å². The third kappa shape index (κ3) is 6.04. The summed E-state index contributed by atoms with van der Waals surface area (Å²) in [7, 11) is 1.41. The molecule has 1 aromatic rings. The van der Waals surface area contributed by atoms with Gasteiger partial charge < -0.3 is 14.2 Å². The van der Waals surface area contributed by atoms with Crippen LogP contribution in [0.3, 0.4) is 0 Å². The van der Waals surface area contributed by atoms with E-state index in [1.165, 1.54) is 7.11 Å². The van der Waals surface area contributed by atoms with Gasteiger partial charge in [-0.1, -0.05) is 19.9 Å². The predicted octanol–water partition coefficient (Wildman–Crippen LogP) is 4.24. The van der Waals surface area contributed by atoms with Crippen LogP contribution in [0.25, 0.3) is 0 Å². The Bertz CT molecular complexity index is 621. The number of carbonyl (C=O) groups is 2. The summed E-state index contributed by atoms with van der Waals surface area (Å²) in [6.07, 6.45) is 6.07. The SMILES string of the molecule is COC(=O)CCCCCOc1ccc2c(c1CCC(C)C)OC(=O)CC2. The summed E-state index contributed by atoms with van der Waals surface area (Å²) >= 11 is 0. The molecular formula is C21H30O5. The maximum absolute atomic E-state index is 11.7. The summed E-state index contributed by atoms with van der Waals surface area (Å²) in [5.41, 5.74) is 2.10. The van der Waals surface area contributed by atoms with E-state index < -0.39 is 0 Å². The fraction of sp³-hybridized carbons (Fsp3) is 0.619. The molecule has 0 saturated carbocycles. The van der Waals surface area contributed by atoms with Crippen molar-refractivity contribution in [3.63, 3.8) is 0 Å². The Balaban J connectivity index is 1.97. The van der Waals surface area contributed by atoms with Crippen LogP contribution in [0.15, 0.2) is 12.1 Å². The van der Waals surface area contributed by atoms with E-state index in [-0.39, 0.29) is 11.9 Å². The summed E-state index contributed by atoms with van der Waals surface area (Å²) < 4.78 is 16.2. The number of rotatable bonds is 10. The highest BCUT2D eigenvalue weighted by atomic mass is 16.5. The lowest BCUT2D eigenvalue weighted by atomic mass is 9.96. The standard InChI is InChI=1S/C21H30O5/c1-15(2)8-11-17-18(25-14-6-4-5-7-19(22)24-3)12-9-16-10-13-20(23)26-21(16)17/h9,12,15H,4-8,10-11,13-14H2,1-3H3. The Kier molecular flexibility index (Phi) is 7.95. The molecule has 144 valence electrons. The molecule has 0 N–H and O–H groups in total. The summed E-state index contributed by atoms with van der Waals surface area (Å²) in [6.45, 7) is 4.95. The number of ether oxygens (including phenoxy) is 3. The Morgan fingerprint density at radius 1 is 1.19 bits per heavy atom. The number of unbranched alkanes of at least 4 members (excludes halogenated alkanes) is 2. The Hall–Kier alpha value is -2.04. The first-order valence-corrected chi connectivity index (χ1v) is 9.56. The van der Waals surface area contributed by atoms with Crippen LogP contribution in [0.5, 0.6) is 11.5 Å². The van der Waals surface area contributed by atoms with Gasteiger partial charge in [0.05, 0.1) is 20.1 Å². The molecule has 2 rings (SSSR count). The van der Waals surface area contributed by atoms with Gasteiger partial charge in [-0.05, 0) is 56.1 Å². The largest absolute Gasteiger partial charge is 0.493 e. The number of carbonyl (C=O) groups excluding carboxylic acids is 2. The van der Waals surface area contributed by atoms with Crippen LogP contribution in [0, 0.1) is 5.92 Å². The van der Waals surface area contributed by atoms with Gasteiger partial charge in [0.15, 0.2) is 0 Å². The van der Waals surface area contributed by atoms with Crippen LogP contribution in [-0.2, 0) is 27.2 Å². The average Bonchev–Trinajstić information content (AvgIpc) is 2.62. The molecule has 0 radical (unpaired) electrons. The highest BCUT2D eigenvalue weighted by molar-refractivity contribution is 5.76. The second-order valence-corrected chi connectivity index (χ2v) is 7.17. The van der Waals surface area contributed by atoms with Crippen molar-refractivity contribution in [2.45, 2.75) is 65.2 Å². The number of aryl methyl sites for hydroxylation is 1. The van der Waals surface area contributed by atoms with Crippen molar-refractivity contribution in [1.82, 2.24) is 0 Å². The molecule has 0 spiro atoms. The molecule has 1 aliphatic heterocycles. The van der Waals surface area contributed by atoms with Crippen molar-refractivity contribution in [3.05, 3.63) is 23.3 Å². The van der Waals surface area contributed by atoms with Crippen LogP contribution in [0.4, 0.5) is 0 Å². The third-order valence-electron chi connectivity index (χ3n) is 4.60. The highest BCUT2D eigenvalue weighted by Gasteiger charge is 2.23. The quantitative estimate of drug-likeness (QED) is 0.354. The van der Waals surface area contributed by atoms with E-state index in [9.17, 15) is 9.59 Å². The molecule has 0 aliphatic carbocycles. The molecule has 1 aliphatic rings. The van der Waals surface area contributed by atoms with Gasteiger partial charge in [-0.3, -0.25) is 9.59 Å². The molecule has 0 amide bonds. The average molecular weight is 362 g/mol. The summed E-state index contributed by atoms with van der Waals surface area (Å²) in [5, 5.41) is 0. The van der Waals surface area contributed by atoms with Gasteiger partial charge in [0.2, 0.25) is 0 Å². The number of methoxy groups -OCH3 is 1. The molecule has 0 unspecified atom stereocenters. The monoisotopic (exact) mass is 362 g/mol. The Morgan fingerprint density at radius 2 is 2.00 bits per heavy atom. The number of benzene rings is 1. The number of fused-ring (bicyclic) bond motifs is 1. The maximum Gasteiger partial charge on any atom is 0.311 e. The number of hydrogen-bond donors (Lipinski definition) is 0. The molecule has 5 nitrogen and oxygen atoms in total. The van der Waals surface area contributed by atoms with E-state index in [4.69, 9.17) is 9.47 Å². The van der Waals surface area contributed by atoms with Crippen LogP contribution in [0.1, 0.15) is 63.5 Å². The van der Waals surface area contributed by atoms with Gasteiger partial charge in [-0.15, -0.1) is 0 Å². The van der Waals surface area contributed by atoms with Gasteiger partial charge in [0, 0.05) is 12.0 Å². The van der Waals surface area contributed by atoms with Gasteiger partial charge in [0.25, 0.3) is 0 Å². The summed E-state index contributed by atoms with van der Waals surface area (Å²) in [6, 6.07) is 4.01. The number of hydrogen-bond acceptors (Lipinski definition) is 5. The van der Waals surface area contributed by atoms with Crippen molar-refractivity contribution in [1.29, 1.82) is 0 Å². The zero-order valence-corrected chi connectivity index (χ0v) is 16.1. The van der Waals surface area contributed by atoms with Crippen LogP contribution in [0.2, 0.25) is 0 Å². The van der Waals surface area contributed by atoms with Crippen molar-refractivity contribution in [3.8, 4) is 11.5 Å². The Labute approximate surface area is 156 Å². The zero-order valence-electron chi connectivity index (χ0n) is 16.1. The molecule has 0 saturated heterocycles. The van der Waals surface area contributed by atoms with Crippen molar-refractivity contribution >= 4 is 11.9 Å². The lowest BCUT2D eigenvalue weighted by Gasteiger charge is -2.22. The minimum atomic E-state index is -0.168. The number of esters is 2. The first kappa shape index (κ1) is 20.3. The molecule has 0 atom stereocenters. The van der Waals surface area contributed by atoms with Crippen molar-refractivity contribution in [2.24, 2.45) is 5.92 Å². The minimum Gasteiger partial charge on any atom is -0.493 e. The predicted molar refractivity (Wildman–Crippen MR) is 99.5 cm³/mol. The molecule has 26 heavy (non-hydrogen) atoms. The van der Waals surface area contributed by atoms with E-state index in [1.54, 1.807) is 0 Å². The minimum absolute atomic E-state index is 0.164. The van der Waals surface area contributed by atoms with E-state index >= 15 is 0 Å². The normalized spacial score (nSPS) is 13.3. The summed E-state index contributed by atoms with van der Waals surface area (Å²) in [4.78, 5) is 22.8. The molecule has 0 fully saturated rings. The second kappa shape index (κ2) is 10.2. The van der Waals surface area contributed by atoms with Crippen LogP contribution >= 0.6 is 0 Å². The molecule has 0 bridgehead atoms. The van der Waals surface area contributed by atoms with Crippen molar-refractivity contribution in [2.75, 3.05) is 13.7 Å². The fourth-order valence-corrected chi connectivity index (χ4v) is 3.02. The van der Waals surface area contributed by atoms with Crippen LogP contribution < -0.4 is 9.47 Å². The van der Waals surface area contributed by atoms with Gasteiger partial charge in [-0.25, -0.2) is 0 Å². The van der Waals surface area contributed by atoms with E-state index in [0.29, 0.717) is 31.1 Å². The second-order valence-electron chi connectivity index (χ2n) is 7.17. The first-order valence-electron chi connectivity index (χ1n) is 9.56. The fourth-order valence-electron chi connectivity index (χ4n) is 3.02. The van der Waals surface area contributed by atoms with E-state index in [2.05, 4.69) is 18.6 Å². The van der Waals surface area contributed by atoms with Gasteiger partial charge in [-0.2, -0.15) is 0 Å². The van der Waals surface area contributed by atoms with E-state index in [1.807, 2.05) is 12.1 Å². The Morgan fingerprint density at radius 3 is 2.73 bits per heavy atom. The highest BCUT2D eigenvalue weighted by Crippen LogP contribution is 2.37. The van der Waals surface area contributed by atoms with Gasteiger partial charge >= 0.3 is 11.9 Å². The lowest BCUT2D eigenvalue weighted by molar-refractivity contribution is -0.140. The molecule has 1 heterocycles. The topological polar surface area (TPSA) is 61.8 Å². The molecule has 1 aromatic carbocycles. The first-order chi connectivity index (χ1) is 12.5. The lowest BCUT2D eigenvalue weighted by Crippen LogP contribution is -2.18. The van der Waals surface area contributed by atoms with Gasteiger partial charge in [0.1, 0.15) is 11.5 Å². The molecule has 5 heteroatoms. The molecule has 0 aromatic heterocycles. The summed E-state index contributed by atoms with van der Waals surface area (Å²) in [5.74, 6) is 1.76. The molecular weight excluding hydrogens is 332 g/mol. The third-order valence-corrected chi connectivity index (χ3v) is 4.60. The van der Waals surface area contributed by atoms with E-state index in [0.717, 1.165) is 55.4 Å². The zero-order chi connectivity index (χ0) is 18.9.